The minimum atomic E-state index is -1.26. The van der Waals surface area contributed by atoms with Crippen LogP contribution in [-0.2, 0) is 9.53 Å². The van der Waals surface area contributed by atoms with Crippen molar-refractivity contribution in [3.8, 4) is 0 Å². The Labute approximate surface area is 143 Å². The first-order chi connectivity index (χ1) is 12.0. The Morgan fingerprint density at radius 1 is 1.24 bits per heavy atom. The average Bonchev–Trinajstić information content (AvgIpc) is 3.17. The van der Waals surface area contributed by atoms with Gasteiger partial charge in [0.1, 0.15) is 0 Å². The van der Waals surface area contributed by atoms with Gasteiger partial charge in [0.25, 0.3) is 17.7 Å². The summed E-state index contributed by atoms with van der Waals surface area (Å²) in [6.45, 7) is 0.764. The summed E-state index contributed by atoms with van der Waals surface area (Å²) in [4.78, 5) is 48.4. The lowest BCUT2D eigenvalue weighted by molar-refractivity contribution is -0.305. The number of amides is 3. The summed E-state index contributed by atoms with van der Waals surface area (Å²) in [5.74, 6) is -2.61. The van der Waals surface area contributed by atoms with E-state index in [9.17, 15) is 24.3 Å². The average molecular weight is 345 g/mol. The molecule has 3 amide bonds. The normalized spacial score (nSPS) is 19.2. The maximum Gasteiger partial charge on any atom is 0.261 e. The Morgan fingerprint density at radius 3 is 2.68 bits per heavy atom. The molecule has 2 heterocycles. The monoisotopic (exact) mass is 345 g/mol. The van der Waals surface area contributed by atoms with E-state index in [1.165, 1.54) is 18.2 Å². The van der Waals surface area contributed by atoms with E-state index < -0.39 is 17.8 Å². The first-order valence-electron chi connectivity index (χ1n) is 8.07. The fourth-order valence-corrected chi connectivity index (χ4v) is 2.97. The summed E-state index contributed by atoms with van der Waals surface area (Å²) in [7, 11) is 0. The van der Waals surface area contributed by atoms with Gasteiger partial charge >= 0.3 is 0 Å². The van der Waals surface area contributed by atoms with Gasteiger partial charge in [-0.15, -0.1) is 0 Å². The van der Waals surface area contributed by atoms with Gasteiger partial charge in [0.05, 0.1) is 23.8 Å². The number of hydrogen-bond donors (Lipinski definition) is 1. The smallest absolute Gasteiger partial charge is 0.261 e. The number of carbonyl (C=O) groups excluding carboxylic acids is 4. The van der Waals surface area contributed by atoms with Crippen LogP contribution in [0.1, 0.15) is 50.3 Å². The second-order valence-electron chi connectivity index (χ2n) is 5.99. The molecule has 8 nitrogen and oxygen atoms in total. The molecule has 132 valence electrons. The highest BCUT2D eigenvalue weighted by molar-refractivity contribution is 6.22. The second-order valence-corrected chi connectivity index (χ2v) is 5.99. The van der Waals surface area contributed by atoms with Crippen LogP contribution in [0.3, 0.4) is 0 Å². The van der Waals surface area contributed by atoms with Crippen LogP contribution in [0.15, 0.2) is 18.2 Å². The number of benzene rings is 1. The van der Waals surface area contributed by atoms with Gasteiger partial charge in [-0.2, -0.15) is 0 Å². The third-order valence-corrected chi connectivity index (χ3v) is 4.26. The number of rotatable bonds is 6. The third-order valence-electron chi connectivity index (χ3n) is 4.26. The van der Waals surface area contributed by atoms with Crippen LogP contribution in [0.25, 0.3) is 0 Å². The number of aliphatic carboxylic acids is 1. The molecule has 1 aromatic rings. The summed E-state index contributed by atoms with van der Waals surface area (Å²) < 4.78 is 5.47. The molecule has 1 atom stereocenters. The molecule has 0 saturated carbocycles. The number of fused-ring (bicyclic) bond motifs is 1. The lowest BCUT2D eigenvalue weighted by atomic mass is 10.1. The number of ether oxygens (including phenoxy) is 1. The highest BCUT2D eigenvalue weighted by atomic mass is 16.5. The number of carboxylic acids is 1. The van der Waals surface area contributed by atoms with Gasteiger partial charge in [0.2, 0.25) is 0 Å². The number of nitrogens with one attached hydrogen (secondary N) is 1. The minimum absolute atomic E-state index is 0.0731. The van der Waals surface area contributed by atoms with Gasteiger partial charge in [0, 0.05) is 31.1 Å². The molecule has 2 aliphatic heterocycles. The van der Waals surface area contributed by atoms with E-state index >= 15 is 0 Å². The Kier molecular flexibility index (Phi) is 4.80. The van der Waals surface area contributed by atoms with Gasteiger partial charge < -0.3 is 20.0 Å². The van der Waals surface area contributed by atoms with E-state index in [1.54, 1.807) is 0 Å². The minimum Gasteiger partial charge on any atom is -0.550 e. The van der Waals surface area contributed by atoms with Crippen molar-refractivity contribution >= 4 is 23.7 Å². The van der Waals surface area contributed by atoms with E-state index in [1.807, 2.05) is 0 Å². The zero-order valence-corrected chi connectivity index (χ0v) is 13.4. The Hall–Kier alpha value is -2.74. The highest BCUT2D eigenvalue weighted by Gasteiger charge is 2.37. The van der Waals surface area contributed by atoms with E-state index in [2.05, 4.69) is 5.32 Å². The molecule has 1 saturated heterocycles. The van der Waals surface area contributed by atoms with Crippen molar-refractivity contribution < 1.29 is 29.0 Å². The van der Waals surface area contributed by atoms with Crippen molar-refractivity contribution in [2.45, 2.75) is 25.4 Å². The van der Waals surface area contributed by atoms with Crippen molar-refractivity contribution in [1.29, 1.82) is 0 Å². The predicted molar refractivity (Wildman–Crippen MR) is 82.7 cm³/mol. The molecule has 1 N–H and O–H groups in total. The second kappa shape index (κ2) is 7.02. The van der Waals surface area contributed by atoms with Crippen LogP contribution in [-0.4, -0.2) is 54.4 Å². The Balaban J connectivity index is 1.72. The van der Waals surface area contributed by atoms with Crippen LogP contribution in [0.4, 0.5) is 0 Å². The van der Waals surface area contributed by atoms with Crippen LogP contribution >= 0.6 is 0 Å². The number of hydrogen-bond acceptors (Lipinski definition) is 6. The van der Waals surface area contributed by atoms with Gasteiger partial charge in [-0.1, -0.05) is 0 Å². The molecule has 1 aromatic carbocycles. The van der Waals surface area contributed by atoms with Crippen molar-refractivity contribution in [1.82, 2.24) is 10.2 Å². The molecule has 0 aromatic heterocycles. The largest absolute Gasteiger partial charge is 0.550 e. The molecule has 3 rings (SSSR count). The molecule has 0 radical (unpaired) electrons. The molecular weight excluding hydrogens is 328 g/mol. The van der Waals surface area contributed by atoms with Crippen LogP contribution < -0.4 is 10.4 Å². The fraction of sp³-hybridized carbons (Fsp3) is 0.412. The molecule has 1 fully saturated rings. The van der Waals surface area contributed by atoms with Gasteiger partial charge in [0.15, 0.2) is 0 Å². The molecule has 8 heteroatoms. The zero-order valence-electron chi connectivity index (χ0n) is 13.4. The zero-order chi connectivity index (χ0) is 18.0. The quantitative estimate of drug-likeness (QED) is 0.684. The van der Waals surface area contributed by atoms with Crippen molar-refractivity contribution in [2.75, 3.05) is 19.7 Å². The van der Waals surface area contributed by atoms with Crippen LogP contribution in [0.5, 0.6) is 0 Å². The third kappa shape index (κ3) is 3.53. The lowest BCUT2D eigenvalue weighted by Crippen LogP contribution is -2.36. The number of nitrogens with zero attached hydrogens (tertiary/aromatic N) is 1. The summed E-state index contributed by atoms with van der Waals surface area (Å²) in [6, 6.07) is 4.24. The first-order valence-corrected chi connectivity index (χ1v) is 8.07. The Bertz CT molecular complexity index is 739. The van der Waals surface area contributed by atoms with E-state index in [0.29, 0.717) is 6.61 Å². The van der Waals surface area contributed by atoms with E-state index in [-0.39, 0.29) is 48.2 Å². The fourth-order valence-electron chi connectivity index (χ4n) is 2.97. The molecule has 0 spiro atoms. The molecular formula is C17H17N2O6-. The molecule has 0 bridgehead atoms. The summed E-state index contributed by atoms with van der Waals surface area (Å²) in [5, 5.41) is 12.8. The standard InChI is InChI=1S/C17H18N2O6/c20-14(21)5-6-18-15(22)10-3-4-12-13(8-10)17(24)19(16(12)23)9-11-2-1-7-25-11/h3-4,8,11H,1-2,5-7,9H2,(H,18,22)(H,20,21)/p-1. The van der Waals surface area contributed by atoms with Crippen molar-refractivity contribution in [3.63, 3.8) is 0 Å². The van der Waals surface area contributed by atoms with Crippen LogP contribution in [0, 0.1) is 0 Å². The van der Waals surface area contributed by atoms with E-state index in [0.717, 1.165) is 17.7 Å². The molecule has 25 heavy (non-hydrogen) atoms. The summed E-state index contributed by atoms with van der Waals surface area (Å²) >= 11 is 0. The lowest BCUT2D eigenvalue weighted by Gasteiger charge is -2.17. The van der Waals surface area contributed by atoms with Crippen LogP contribution in [0.2, 0.25) is 0 Å². The van der Waals surface area contributed by atoms with E-state index in [4.69, 9.17) is 4.74 Å². The highest BCUT2D eigenvalue weighted by Crippen LogP contribution is 2.26. The maximum atomic E-state index is 12.5. The topological polar surface area (TPSA) is 116 Å². The Morgan fingerprint density at radius 2 is 2.00 bits per heavy atom. The molecule has 0 aliphatic carbocycles. The van der Waals surface area contributed by atoms with Crippen molar-refractivity contribution in [3.05, 3.63) is 34.9 Å². The van der Waals surface area contributed by atoms with Gasteiger partial charge in [-0.25, -0.2) is 0 Å². The first kappa shape index (κ1) is 17.1. The summed E-state index contributed by atoms with van der Waals surface area (Å²) in [5.41, 5.74) is 0.627. The predicted octanol–water partition coefficient (Wildman–Crippen LogP) is -0.669. The summed E-state index contributed by atoms with van der Waals surface area (Å²) in [6.07, 6.45) is 1.27. The molecule has 2 aliphatic rings. The number of imide groups is 1. The SMILES string of the molecule is O=C([O-])CCNC(=O)c1ccc2c(c1)C(=O)N(CC1CCCO1)C2=O. The van der Waals surface area contributed by atoms with Gasteiger partial charge in [-0.05, 0) is 31.0 Å². The number of carbonyl (C=O) groups is 4. The molecule has 1 unspecified atom stereocenters. The van der Waals surface area contributed by atoms with Gasteiger partial charge in [-0.3, -0.25) is 19.3 Å². The maximum absolute atomic E-state index is 12.5. The number of carboxylic acid groups (broad SMARTS) is 1. The van der Waals surface area contributed by atoms with Crippen molar-refractivity contribution in [2.24, 2.45) is 0 Å².